The molecule has 0 bridgehead atoms. The maximum Gasteiger partial charge on any atom is 0.161 e. The average Bonchev–Trinajstić information content (AvgIpc) is 2.52. The molecule has 1 fully saturated rings. The second kappa shape index (κ2) is 4.64. The van der Waals surface area contributed by atoms with Crippen LogP contribution in [0.4, 0.5) is 0 Å². The Kier molecular flexibility index (Phi) is 3.51. The summed E-state index contributed by atoms with van der Waals surface area (Å²) in [5.41, 5.74) is -1.32. The number of benzene rings is 1. The highest BCUT2D eigenvalue weighted by Gasteiger charge is 2.57. The molecule has 1 aromatic rings. The number of rotatable bonds is 3. The van der Waals surface area contributed by atoms with E-state index in [-0.39, 0.29) is 5.60 Å². The first-order chi connectivity index (χ1) is 9.15. The van der Waals surface area contributed by atoms with Gasteiger partial charge in [0.15, 0.2) is 11.5 Å². The highest BCUT2D eigenvalue weighted by molar-refractivity contribution is 5.45. The van der Waals surface area contributed by atoms with Gasteiger partial charge in [0, 0.05) is 6.42 Å². The predicted octanol–water partition coefficient (Wildman–Crippen LogP) is 2.87. The van der Waals surface area contributed by atoms with Gasteiger partial charge in [0.05, 0.1) is 25.4 Å². The van der Waals surface area contributed by atoms with Crippen LogP contribution < -0.4 is 9.47 Å². The molecule has 1 aliphatic rings. The summed E-state index contributed by atoms with van der Waals surface area (Å²) in [6.45, 7) is 7.82. The van der Waals surface area contributed by atoms with Crippen LogP contribution in [-0.4, -0.2) is 30.5 Å². The Balaban J connectivity index is 2.50. The van der Waals surface area contributed by atoms with Crippen molar-refractivity contribution in [3.05, 3.63) is 23.8 Å². The largest absolute Gasteiger partial charge is 0.493 e. The van der Waals surface area contributed by atoms with Gasteiger partial charge in [0.1, 0.15) is 5.60 Å². The van der Waals surface area contributed by atoms with Gasteiger partial charge in [-0.3, -0.25) is 0 Å². The van der Waals surface area contributed by atoms with Crippen molar-refractivity contribution in [2.24, 2.45) is 0 Å². The summed E-state index contributed by atoms with van der Waals surface area (Å²) in [4.78, 5) is 0. The maximum atomic E-state index is 11.2. The Morgan fingerprint density at radius 1 is 1.05 bits per heavy atom. The van der Waals surface area contributed by atoms with E-state index in [2.05, 4.69) is 0 Å². The van der Waals surface area contributed by atoms with E-state index in [0.717, 1.165) is 5.56 Å². The van der Waals surface area contributed by atoms with Crippen molar-refractivity contribution in [1.29, 1.82) is 0 Å². The van der Waals surface area contributed by atoms with Gasteiger partial charge in [-0.15, -0.1) is 0 Å². The van der Waals surface area contributed by atoms with Gasteiger partial charge >= 0.3 is 0 Å². The quantitative estimate of drug-likeness (QED) is 0.925. The van der Waals surface area contributed by atoms with Crippen molar-refractivity contribution in [2.45, 2.75) is 50.9 Å². The monoisotopic (exact) mass is 280 g/mol. The number of methoxy groups -OCH3 is 2. The van der Waals surface area contributed by atoms with Gasteiger partial charge in [-0.25, -0.2) is 0 Å². The zero-order valence-electron chi connectivity index (χ0n) is 13.1. The minimum atomic E-state index is -1.06. The summed E-state index contributed by atoms with van der Waals surface area (Å²) in [7, 11) is 3.18. The molecule has 4 heteroatoms. The average molecular weight is 280 g/mol. The Hall–Kier alpha value is -1.26. The maximum absolute atomic E-state index is 11.2. The lowest BCUT2D eigenvalue weighted by atomic mass is 9.77. The fourth-order valence-electron chi connectivity index (χ4n) is 3.18. The molecule has 1 aliphatic heterocycles. The van der Waals surface area contributed by atoms with Gasteiger partial charge in [-0.1, -0.05) is 6.07 Å². The molecule has 1 atom stereocenters. The smallest absolute Gasteiger partial charge is 0.161 e. The van der Waals surface area contributed by atoms with Crippen LogP contribution in [0.1, 0.15) is 39.7 Å². The SMILES string of the molecule is COc1ccc(C2(O)CC(C)(C)OC2(C)C)cc1OC. The third kappa shape index (κ3) is 2.27. The molecule has 0 aliphatic carbocycles. The fourth-order valence-corrected chi connectivity index (χ4v) is 3.18. The molecule has 1 heterocycles. The lowest BCUT2D eigenvalue weighted by Gasteiger charge is -2.35. The van der Waals surface area contributed by atoms with Gasteiger partial charge in [-0.05, 0) is 45.4 Å². The normalized spacial score (nSPS) is 27.4. The van der Waals surface area contributed by atoms with Crippen molar-refractivity contribution in [2.75, 3.05) is 14.2 Å². The summed E-state index contributed by atoms with van der Waals surface area (Å²) < 4.78 is 16.6. The first-order valence-electron chi connectivity index (χ1n) is 6.80. The van der Waals surface area contributed by atoms with Gasteiger partial charge < -0.3 is 19.3 Å². The van der Waals surface area contributed by atoms with E-state index in [4.69, 9.17) is 14.2 Å². The molecular weight excluding hydrogens is 256 g/mol. The molecule has 112 valence electrons. The lowest BCUT2D eigenvalue weighted by molar-refractivity contribution is -0.129. The third-order valence-corrected chi connectivity index (χ3v) is 4.07. The van der Waals surface area contributed by atoms with E-state index < -0.39 is 11.2 Å². The Labute approximate surface area is 120 Å². The third-order valence-electron chi connectivity index (χ3n) is 4.07. The standard InChI is InChI=1S/C16H24O4/c1-14(2)10-16(17,15(3,4)20-14)11-7-8-12(18-5)13(9-11)19-6/h7-9,17H,10H2,1-6H3. The molecule has 0 amide bonds. The topological polar surface area (TPSA) is 47.9 Å². The number of aliphatic hydroxyl groups is 1. The van der Waals surface area contributed by atoms with Crippen molar-refractivity contribution in [1.82, 2.24) is 0 Å². The van der Waals surface area contributed by atoms with Crippen LogP contribution in [0.5, 0.6) is 11.5 Å². The molecule has 1 saturated heterocycles. The Morgan fingerprint density at radius 2 is 1.65 bits per heavy atom. The molecule has 1 N–H and O–H groups in total. The predicted molar refractivity (Wildman–Crippen MR) is 77.3 cm³/mol. The Bertz CT molecular complexity index is 507. The van der Waals surface area contributed by atoms with E-state index in [1.54, 1.807) is 14.2 Å². The van der Waals surface area contributed by atoms with Crippen molar-refractivity contribution >= 4 is 0 Å². The zero-order valence-corrected chi connectivity index (χ0v) is 13.1. The minimum Gasteiger partial charge on any atom is -0.493 e. The highest BCUT2D eigenvalue weighted by Crippen LogP contribution is 2.51. The van der Waals surface area contributed by atoms with Crippen LogP contribution >= 0.6 is 0 Å². The van der Waals surface area contributed by atoms with Crippen LogP contribution in [0.3, 0.4) is 0 Å². The van der Waals surface area contributed by atoms with Crippen LogP contribution in [0, 0.1) is 0 Å². The van der Waals surface area contributed by atoms with Crippen LogP contribution in [-0.2, 0) is 10.3 Å². The lowest BCUT2D eigenvalue weighted by Crippen LogP contribution is -2.43. The molecule has 0 radical (unpaired) electrons. The second-order valence-corrected chi connectivity index (χ2v) is 6.48. The molecular formula is C16H24O4. The van der Waals surface area contributed by atoms with Crippen molar-refractivity contribution < 1.29 is 19.3 Å². The van der Waals surface area contributed by atoms with Gasteiger partial charge in [0.2, 0.25) is 0 Å². The molecule has 1 aromatic carbocycles. The van der Waals surface area contributed by atoms with Crippen LogP contribution in [0.25, 0.3) is 0 Å². The summed E-state index contributed by atoms with van der Waals surface area (Å²) >= 11 is 0. The summed E-state index contributed by atoms with van der Waals surface area (Å²) in [6, 6.07) is 5.51. The summed E-state index contributed by atoms with van der Waals surface area (Å²) in [5, 5.41) is 11.2. The van der Waals surface area contributed by atoms with Gasteiger partial charge in [-0.2, -0.15) is 0 Å². The van der Waals surface area contributed by atoms with E-state index in [0.29, 0.717) is 17.9 Å². The highest BCUT2D eigenvalue weighted by atomic mass is 16.5. The number of hydrogen-bond donors (Lipinski definition) is 1. The van der Waals surface area contributed by atoms with E-state index >= 15 is 0 Å². The molecule has 0 aromatic heterocycles. The fraction of sp³-hybridized carbons (Fsp3) is 0.625. The van der Waals surface area contributed by atoms with Crippen LogP contribution in [0.15, 0.2) is 18.2 Å². The number of ether oxygens (including phenoxy) is 3. The second-order valence-electron chi connectivity index (χ2n) is 6.48. The van der Waals surface area contributed by atoms with E-state index in [9.17, 15) is 5.11 Å². The van der Waals surface area contributed by atoms with Gasteiger partial charge in [0.25, 0.3) is 0 Å². The molecule has 0 spiro atoms. The first-order valence-corrected chi connectivity index (χ1v) is 6.80. The molecule has 2 rings (SSSR count). The molecule has 1 unspecified atom stereocenters. The molecule has 0 saturated carbocycles. The summed E-state index contributed by atoms with van der Waals surface area (Å²) in [6.07, 6.45) is 0.530. The molecule has 20 heavy (non-hydrogen) atoms. The van der Waals surface area contributed by atoms with E-state index in [1.165, 1.54) is 0 Å². The van der Waals surface area contributed by atoms with Crippen molar-refractivity contribution in [3.63, 3.8) is 0 Å². The molecule has 4 nitrogen and oxygen atoms in total. The van der Waals surface area contributed by atoms with Crippen molar-refractivity contribution in [3.8, 4) is 11.5 Å². The zero-order chi connectivity index (χ0) is 15.2. The van der Waals surface area contributed by atoms with Crippen LogP contribution in [0.2, 0.25) is 0 Å². The first kappa shape index (κ1) is 15.1. The minimum absolute atomic E-state index is 0.370. The summed E-state index contributed by atoms with van der Waals surface area (Å²) in [5.74, 6) is 1.26. The number of hydrogen-bond acceptors (Lipinski definition) is 4. The van der Waals surface area contributed by atoms with E-state index in [1.807, 2.05) is 45.9 Å². The Morgan fingerprint density at radius 3 is 2.10 bits per heavy atom.